The van der Waals surface area contributed by atoms with Crippen LogP contribution in [0.1, 0.15) is 32.8 Å². The highest BCUT2D eigenvalue weighted by molar-refractivity contribution is 6.30. The Kier molecular flexibility index (Phi) is 5.92. The van der Waals surface area contributed by atoms with Gasteiger partial charge in [0.25, 0.3) is 5.69 Å². The van der Waals surface area contributed by atoms with Gasteiger partial charge in [-0.1, -0.05) is 32.4 Å². The lowest BCUT2D eigenvalue weighted by Crippen LogP contribution is -2.40. The predicted octanol–water partition coefficient (Wildman–Crippen LogP) is 3.13. The topological polar surface area (TPSA) is 75.4 Å². The standard InChI is InChI=1S/C14H21ClN2O3/c1-14(2,3)13(6-7-18)16-9-10-8-11(15)4-5-12(10)17(19)20/h4-5,8,13,16,18H,6-7,9H2,1-3H3. The molecule has 0 amide bonds. The Bertz CT molecular complexity index is 472. The molecule has 20 heavy (non-hydrogen) atoms. The van der Waals surface area contributed by atoms with Crippen LogP contribution >= 0.6 is 11.6 Å². The third-order valence-electron chi connectivity index (χ3n) is 3.24. The van der Waals surface area contributed by atoms with Crippen molar-refractivity contribution in [2.24, 2.45) is 5.41 Å². The second-order valence-corrected chi connectivity index (χ2v) is 6.28. The molecular formula is C14H21ClN2O3. The van der Waals surface area contributed by atoms with Crippen molar-refractivity contribution in [2.45, 2.75) is 39.8 Å². The number of nitro benzene ring substituents is 1. The third kappa shape index (κ3) is 4.74. The van der Waals surface area contributed by atoms with E-state index in [4.69, 9.17) is 16.7 Å². The third-order valence-corrected chi connectivity index (χ3v) is 3.48. The zero-order valence-corrected chi connectivity index (χ0v) is 12.8. The molecule has 0 aliphatic heterocycles. The summed E-state index contributed by atoms with van der Waals surface area (Å²) < 4.78 is 0. The zero-order chi connectivity index (χ0) is 15.3. The van der Waals surface area contributed by atoms with Crippen LogP contribution in [-0.4, -0.2) is 22.7 Å². The van der Waals surface area contributed by atoms with E-state index in [1.165, 1.54) is 12.1 Å². The van der Waals surface area contributed by atoms with Crippen LogP contribution in [0.25, 0.3) is 0 Å². The number of benzene rings is 1. The van der Waals surface area contributed by atoms with Crippen LogP contribution < -0.4 is 5.32 Å². The van der Waals surface area contributed by atoms with Gasteiger partial charge in [-0.25, -0.2) is 0 Å². The number of halogens is 1. The van der Waals surface area contributed by atoms with E-state index in [9.17, 15) is 10.1 Å². The summed E-state index contributed by atoms with van der Waals surface area (Å²) in [6.45, 7) is 6.61. The number of rotatable bonds is 6. The van der Waals surface area contributed by atoms with E-state index in [1.807, 2.05) is 0 Å². The Morgan fingerprint density at radius 1 is 1.45 bits per heavy atom. The lowest BCUT2D eigenvalue weighted by Gasteiger charge is -2.31. The van der Waals surface area contributed by atoms with Crippen LogP contribution in [0.2, 0.25) is 5.02 Å². The number of nitrogens with zero attached hydrogens (tertiary/aromatic N) is 1. The summed E-state index contributed by atoms with van der Waals surface area (Å²) in [6.07, 6.45) is 0.595. The molecule has 0 bridgehead atoms. The maximum absolute atomic E-state index is 11.0. The molecule has 0 aliphatic carbocycles. The van der Waals surface area contributed by atoms with E-state index < -0.39 is 4.92 Å². The van der Waals surface area contributed by atoms with Crippen LogP contribution in [0.3, 0.4) is 0 Å². The molecule has 2 N–H and O–H groups in total. The van der Waals surface area contributed by atoms with Crippen molar-refractivity contribution in [1.29, 1.82) is 0 Å². The minimum atomic E-state index is -0.411. The molecule has 0 aromatic heterocycles. The van der Waals surface area contributed by atoms with Gasteiger partial charge in [-0.05, 0) is 24.0 Å². The van der Waals surface area contributed by atoms with Gasteiger partial charge in [-0.15, -0.1) is 0 Å². The Balaban J connectivity index is 2.87. The molecule has 0 heterocycles. The summed E-state index contributed by atoms with van der Waals surface area (Å²) in [4.78, 5) is 10.6. The highest BCUT2D eigenvalue weighted by Gasteiger charge is 2.24. The fourth-order valence-electron chi connectivity index (χ4n) is 2.08. The Hall–Kier alpha value is -1.17. The molecule has 0 saturated heterocycles. The molecule has 6 heteroatoms. The molecular weight excluding hydrogens is 280 g/mol. The van der Waals surface area contributed by atoms with Crippen molar-refractivity contribution >= 4 is 17.3 Å². The van der Waals surface area contributed by atoms with Crippen molar-refractivity contribution < 1.29 is 10.0 Å². The molecule has 112 valence electrons. The molecule has 0 saturated carbocycles. The van der Waals surface area contributed by atoms with Crippen LogP contribution in [0.15, 0.2) is 18.2 Å². The average molecular weight is 301 g/mol. The summed E-state index contributed by atoms with van der Waals surface area (Å²) in [5.41, 5.74) is 0.559. The molecule has 1 atom stereocenters. The summed E-state index contributed by atoms with van der Waals surface area (Å²) >= 11 is 5.90. The molecule has 0 aliphatic rings. The fraction of sp³-hybridized carbons (Fsp3) is 0.571. The first kappa shape index (κ1) is 16.9. The van der Waals surface area contributed by atoms with Crippen LogP contribution in [0.4, 0.5) is 5.69 Å². The van der Waals surface area contributed by atoms with Crippen LogP contribution in [-0.2, 0) is 6.54 Å². The molecule has 0 radical (unpaired) electrons. The number of nitro groups is 1. The Labute approximate surface area is 124 Å². The van der Waals surface area contributed by atoms with Crippen LogP contribution in [0, 0.1) is 15.5 Å². The van der Waals surface area contributed by atoms with E-state index in [1.54, 1.807) is 6.07 Å². The average Bonchev–Trinajstić information content (AvgIpc) is 2.32. The predicted molar refractivity (Wildman–Crippen MR) is 79.9 cm³/mol. The van der Waals surface area contributed by atoms with E-state index in [2.05, 4.69) is 26.1 Å². The largest absolute Gasteiger partial charge is 0.396 e. The van der Waals surface area contributed by atoms with Crippen molar-refractivity contribution in [3.63, 3.8) is 0 Å². The summed E-state index contributed by atoms with van der Waals surface area (Å²) in [6, 6.07) is 4.59. The van der Waals surface area contributed by atoms with Gasteiger partial charge in [0.1, 0.15) is 0 Å². The van der Waals surface area contributed by atoms with Gasteiger partial charge in [0, 0.05) is 35.8 Å². The lowest BCUT2D eigenvalue weighted by molar-refractivity contribution is -0.385. The van der Waals surface area contributed by atoms with Gasteiger partial charge in [-0.3, -0.25) is 10.1 Å². The smallest absolute Gasteiger partial charge is 0.273 e. The van der Waals surface area contributed by atoms with Gasteiger partial charge < -0.3 is 10.4 Å². The molecule has 1 unspecified atom stereocenters. The number of aliphatic hydroxyl groups is 1. The van der Waals surface area contributed by atoms with Crippen molar-refractivity contribution in [3.8, 4) is 0 Å². The van der Waals surface area contributed by atoms with Crippen molar-refractivity contribution in [1.82, 2.24) is 5.32 Å². The number of hydrogen-bond acceptors (Lipinski definition) is 4. The normalized spacial score (nSPS) is 13.2. The zero-order valence-electron chi connectivity index (χ0n) is 12.0. The lowest BCUT2D eigenvalue weighted by atomic mass is 9.85. The van der Waals surface area contributed by atoms with Gasteiger partial charge in [0.15, 0.2) is 0 Å². The highest BCUT2D eigenvalue weighted by Crippen LogP contribution is 2.25. The highest BCUT2D eigenvalue weighted by atomic mass is 35.5. The number of nitrogens with one attached hydrogen (secondary N) is 1. The minimum Gasteiger partial charge on any atom is -0.396 e. The van der Waals surface area contributed by atoms with E-state index in [0.717, 1.165) is 0 Å². The second-order valence-electron chi connectivity index (χ2n) is 5.84. The SMILES string of the molecule is CC(C)(C)C(CCO)NCc1cc(Cl)ccc1[N+](=O)[O-]. The van der Waals surface area contributed by atoms with Crippen molar-refractivity contribution in [2.75, 3.05) is 6.61 Å². The molecule has 0 fully saturated rings. The molecule has 1 rings (SSSR count). The van der Waals surface area contributed by atoms with Gasteiger partial charge in [0.05, 0.1) is 4.92 Å². The quantitative estimate of drug-likeness (QED) is 0.625. The molecule has 0 spiro atoms. The molecule has 1 aromatic carbocycles. The van der Waals surface area contributed by atoms with Crippen molar-refractivity contribution in [3.05, 3.63) is 38.9 Å². The maximum atomic E-state index is 11.0. The van der Waals surface area contributed by atoms with Gasteiger partial charge in [-0.2, -0.15) is 0 Å². The maximum Gasteiger partial charge on any atom is 0.273 e. The van der Waals surface area contributed by atoms with E-state index in [-0.39, 0.29) is 23.8 Å². The monoisotopic (exact) mass is 300 g/mol. The van der Waals surface area contributed by atoms with E-state index >= 15 is 0 Å². The first-order valence-electron chi connectivity index (χ1n) is 6.52. The van der Waals surface area contributed by atoms with Gasteiger partial charge >= 0.3 is 0 Å². The van der Waals surface area contributed by atoms with E-state index in [0.29, 0.717) is 23.6 Å². The fourth-order valence-corrected chi connectivity index (χ4v) is 2.27. The molecule has 1 aromatic rings. The molecule has 5 nitrogen and oxygen atoms in total. The Morgan fingerprint density at radius 3 is 2.60 bits per heavy atom. The van der Waals surface area contributed by atoms with Crippen LogP contribution in [0.5, 0.6) is 0 Å². The van der Waals surface area contributed by atoms with Gasteiger partial charge in [0.2, 0.25) is 0 Å². The second kappa shape index (κ2) is 7.02. The first-order valence-corrected chi connectivity index (χ1v) is 6.90. The summed E-state index contributed by atoms with van der Waals surface area (Å²) in [7, 11) is 0. The Morgan fingerprint density at radius 2 is 2.10 bits per heavy atom. The number of aliphatic hydroxyl groups excluding tert-OH is 1. The minimum absolute atomic E-state index is 0.0456. The first-order chi connectivity index (χ1) is 9.25. The summed E-state index contributed by atoms with van der Waals surface area (Å²) in [5.74, 6) is 0. The summed E-state index contributed by atoms with van der Waals surface area (Å²) in [5, 5.41) is 23.9. The number of hydrogen-bond donors (Lipinski definition) is 2.